The summed E-state index contributed by atoms with van der Waals surface area (Å²) < 4.78 is 16.7. The zero-order valence-corrected chi connectivity index (χ0v) is 10.6. The molecule has 2 rings (SSSR count). The number of para-hydroxylation sites is 1. The minimum atomic E-state index is -0.157. The third-order valence-electron chi connectivity index (χ3n) is 2.67. The summed E-state index contributed by atoms with van der Waals surface area (Å²) >= 11 is 3.52. The molecule has 0 unspecified atom stereocenters. The molecule has 1 aromatic carbocycles. The Morgan fingerprint density at radius 3 is 2.60 bits per heavy atom. The van der Waals surface area contributed by atoms with Gasteiger partial charge in [0, 0.05) is 11.4 Å². The van der Waals surface area contributed by atoms with E-state index in [1.807, 2.05) is 17.6 Å². The number of nitrogens with zero attached hydrogens (tertiary/aromatic N) is 1. The maximum Gasteiger partial charge on any atom is 0.147 e. The molecule has 0 saturated carbocycles. The molecule has 0 atom stereocenters. The molecule has 2 aromatic rings. The minimum Gasteiger partial charge on any atom is -0.330 e. The highest BCUT2D eigenvalue weighted by Gasteiger charge is 2.16. The minimum absolute atomic E-state index is 0.157. The molecule has 0 aliphatic heterocycles. The molecule has 15 heavy (non-hydrogen) atoms. The van der Waals surface area contributed by atoms with Crippen molar-refractivity contribution in [3.05, 3.63) is 34.2 Å². The van der Waals surface area contributed by atoms with Gasteiger partial charge in [-0.25, -0.2) is 4.39 Å². The first-order valence-corrected chi connectivity index (χ1v) is 5.78. The van der Waals surface area contributed by atoms with Gasteiger partial charge in [0.1, 0.15) is 5.82 Å². The molecule has 0 saturated heterocycles. The monoisotopic (exact) mass is 269 g/mol. The van der Waals surface area contributed by atoms with Crippen molar-refractivity contribution in [1.29, 1.82) is 0 Å². The van der Waals surface area contributed by atoms with Crippen LogP contribution < -0.4 is 0 Å². The van der Waals surface area contributed by atoms with E-state index in [-0.39, 0.29) is 11.9 Å². The van der Waals surface area contributed by atoms with Crippen molar-refractivity contribution >= 4 is 26.8 Å². The van der Waals surface area contributed by atoms with E-state index in [1.54, 1.807) is 6.07 Å². The van der Waals surface area contributed by atoms with Crippen LogP contribution in [0.5, 0.6) is 0 Å². The fraction of sp³-hybridized carbons (Fsp3) is 0.333. The normalized spacial score (nSPS) is 11.6. The third kappa shape index (κ3) is 1.49. The van der Waals surface area contributed by atoms with Crippen LogP contribution >= 0.6 is 15.9 Å². The Kier molecular flexibility index (Phi) is 2.59. The molecule has 1 nitrogen and oxygen atoms in total. The molecule has 3 heteroatoms. The molecular formula is C12H13BrFN. The van der Waals surface area contributed by atoms with Crippen molar-refractivity contribution in [2.75, 3.05) is 0 Å². The maximum atomic E-state index is 13.8. The summed E-state index contributed by atoms with van der Waals surface area (Å²) in [5.74, 6) is -0.157. The second-order valence-corrected chi connectivity index (χ2v) is 4.77. The van der Waals surface area contributed by atoms with Crippen LogP contribution in [0.1, 0.15) is 25.5 Å². The SMILES string of the molecule is Cc1c(Br)n(C(C)C)c2c(F)cccc12. The second-order valence-electron chi connectivity index (χ2n) is 4.02. The lowest BCUT2D eigenvalue weighted by Gasteiger charge is -2.11. The summed E-state index contributed by atoms with van der Waals surface area (Å²) in [5, 5.41) is 0.982. The van der Waals surface area contributed by atoms with Crippen LogP contribution in [0.3, 0.4) is 0 Å². The van der Waals surface area contributed by atoms with Gasteiger partial charge in [0.2, 0.25) is 0 Å². The van der Waals surface area contributed by atoms with Gasteiger partial charge >= 0.3 is 0 Å². The molecule has 0 aliphatic rings. The topological polar surface area (TPSA) is 4.93 Å². The van der Waals surface area contributed by atoms with Gasteiger partial charge in [-0.2, -0.15) is 0 Å². The van der Waals surface area contributed by atoms with E-state index in [9.17, 15) is 4.39 Å². The van der Waals surface area contributed by atoms with Gasteiger partial charge in [-0.15, -0.1) is 0 Å². The van der Waals surface area contributed by atoms with E-state index < -0.39 is 0 Å². The molecule has 0 fully saturated rings. The van der Waals surface area contributed by atoms with E-state index in [0.29, 0.717) is 5.52 Å². The van der Waals surface area contributed by atoms with Crippen LogP contribution in [0.4, 0.5) is 4.39 Å². The summed E-state index contributed by atoms with van der Waals surface area (Å²) in [6.45, 7) is 6.11. The number of rotatable bonds is 1. The standard InChI is InChI=1S/C12H13BrFN/c1-7(2)15-11-9(8(3)12(15)13)5-4-6-10(11)14/h4-7H,1-3H3. The number of fused-ring (bicyclic) bond motifs is 1. The number of halogens is 2. The molecule has 80 valence electrons. The van der Waals surface area contributed by atoms with E-state index >= 15 is 0 Å². The smallest absolute Gasteiger partial charge is 0.147 e. The first-order valence-electron chi connectivity index (χ1n) is 4.98. The first kappa shape index (κ1) is 10.7. The fourth-order valence-electron chi connectivity index (χ4n) is 1.94. The highest BCUT2D eigenvalue weighted by molar-refractivity contribution is 9.10. The van der Waals surface area contributed by atoms with E-state index in [2.05, 4.69) is 29.8 Å². The fourth-order valence-corrected chi connectivity index (χ4v) is 2.74. The van der Waals surface area contributed by atoms with Gasteiger partial charge < -0.3 is 4.57 Å². The predicted molar refractivity (Wildman–Crippen MR) is 64.7 cm³/mol. The molecule has 1 heterocycles. The summed E-state index contributed by atoms with van der Waals surface area (Å²) in [6.07, 6.45) is 0. The van der Waals surface area contributed by atoms with Crippen LogP contribution in [0.2, 0.25) is 0 Å². The Morgan fingerprint density at radius 1 is 1.33 bits per heavy atom. The third-order valence-corrected chi connectivity index (χ3v) is 3.65. The molecule has 1 aromatic heterocycles. The number of hydrogen-bond donors (Lipinski definition) is 0. The Balaban J connectivity index is 2.95. The molecule has 0 spiro atoms. The average molecular weight is 270 g/mol. The largest absolute Gasteiger partial charge is 0.330 e. The van der Waals surface area contributed by atoms with Crippen molar-refractivity contribution in [3.63, 3.8) is 0 Å². The van der Waals surface area contributed by atoms with Crippen LogP contribution in [-0.4, -0.2) is 4.57 Å². The number of hydrogen-bond acceptors (Lipinski definition) is 0. The molecule has 0 aliphatic carbocycles. The molecular weight excluding hydrogens is 257 g/mol. The highest BCUT2D eigenvalue weighted by Crippen LogP contribution is 2.33. The second kappa shape index (κ2) is 3.63. The van der Waals surface area contributed by atoms with Crippen LogP contribution in [0, 0.1) is 12.7 Å². The van der Waals surface area contributed by atoms with E-state index in [0.717, 1.165) is 15.6 Å². The van der Waals surface area contributed by atoms with Gasteiger partial charge in [-0.05, 0) is 48.3 Å². The zero-order valence-electron chi connectivity index (χ0n) is 9.01. The Labute approximate surface area is 97.0 Å². The van der Waals surface area contributed by atoms with Crippen LogP contribution in [0.15, 0.2) is 22.8 Å². The summed E-state index contributed by atoms with van der Waals surface area (Å²) in [4.78, 5) is 0. The lowest BCUT2D eigenvalue weighted by molar-refractivity contribution is 0.581. The predicted octanol–water partition coefficient (Wildman–Crippen LogP) is 4.43. The van der Waals surface area contributed by atoms with Crippen molar-refractivity contribution < 1.29 is 4.39 Å². The van der Waals surface area contributed by atoms with Crippen molar-refractivity contribution in [2.24, 2.45) is 0 Å². The number of aryl methyl sites for hydroxylation is 1. The lowest BCUT2D eigenvalue weighted by Crippen LogP contribution is -2.01. The first-order chi connectivity index (χ1) is 7.04. The van der Waals surface area contributed by atoms with E-state index in [1.165, 1.54) is 6.07 Å². The maximum absolute atomic E-state index is 13.8. The molecule has 0 amide bonds. The van der Waals surface area contributed by atoms with Gasteiger partial charge in [0.15, 0.2) is 0 Å². The van der Waals surface area contributed by atoms with Gasteiger partial charge in [-0.3, -0.25) is 0 Å². The van der Waals surface area contributed by atoms with Crippen LogP contribution in [-0.2, 0) is 0 Å². The van der Waals surface area contributed by atoms with Crippen molar-refractivity contribution in [2.45, 2.75) is 26.8 Å². The summed E-state index contributed by atoms with van der Waals surface area (Å²) in [7, 11) is 0. The number of benzene rings is 1. The Hall–Kier alpha value is -0.830. The molecule has 0 bridgehead atoms. The zero-order chi connectivity index (χ0) is 11.2. The summed E-state index contributed by atoms with van der Waals surface area (Å²) in [5.41, 5.74) is 1.79. The van der Waals surface area contributed by atoms with Crippen LogP contribution in [0.25, 0.3) is 10.9 Å². The Morgan fingerprint density at radius 2 is 2.00 bits per heavy atom. The van der Waals surface area contributed by atoms with Gasteiger partial charge in [-0.1, -0.05) is 12.1 Å². The van der Waals surface area contributed by atoms with Gasteiger partial charge in [0.05, 0.1) is 10.1 Å². The van der Waals surface area contributed by atoms with Crippen molar-refractivity contribution in [1.82, 2.24) is 4.57 Å². The van der Waals surface area contributed by atoms with Gasteiger partial charge in [0.25, 0.3) is 0 Å². The van der Waals surface area contributed by atoms with E-state index in [4.69, 9.17) is 0 Å². The number of aromatic nitrogens is 1. The summed E-state index contributed by atoms with van der Waals surface area (Å²) in [6, 6.07) is 5.46. The Bertz CT molecular complexity index is 514. The van der Waals surface area contributed by atoms with Crippen molar-refractivity contribution in [3.8, 4) is 0 Å². The quantitative estimate of drug-likeness (QED) is 0.722. The molecule has 0 N–H and O–H groups in total. The molecule has 0 radical (unpaired) electrons. The average Bonchev–Trinajstić information content (AvgIpc) is 2.43. The highest BCUT2D eigenvalue weighted by atomic mass is 79.9. The lowest BCUT2D eigenvalue weighted by atomic mass is 10.2.